The maximum Gasteiger partial charge on any atom is 0.262 e. The molecule has 1 aliphatic heterocycles. The topological polar surface area (TPSA) is 75.7 Å². The lowest BCUT2D eigenvalue weighted by molar-refractivity contribution is -0.139. The van der Waals surface area contributed by atoms with E-state index in [4.69, 9.17) is 16.3 Å². The second-order valence-corrected chi connectivity index (χ2v) is 6.73. The molecule has 27 heavy (non-hydrogen) atoms. The average Bonchev–Trinajstić information content (AvgIpc) is 2.96. The van der Waals surface area contributed by atoms with E-state index in [2.05, 4.69) is 5.32 Å². The number of halogens is 1. The van der Waals surface area contributed by atoms with E-state index in [1.807, 2.05) is 6.92 Å². The minimum atomic E-state index is -0.291. The maximum absolute atomic E-state index is 12.0. The molecule has 6 nitrogen and oxygen atoms in total. The van der Waals surface area contributed by atoms with Crippen molar-refractivity contribution in [3.05, 3.63) is 58.6 Å². The van der Waals surface area contributed by atoms with Crippen LogP contribution in [-0.4, -0.2) is 29.2 Å². The largest absolute Gasteiger partial charge is 0.484 e. The third-order valence-corrected chi connectivity index (χ3v) is 4.66. The second kappa shape index (κ2) is 8.22. The van der Waals surface area contributed by atoms with Crippen LogP contribution in [0.1, 0.15) is 24.0 Å². The number of carbonyl (C=O) groups excluding carboxylic acids is 3. The van der Waals surface area contributed by atoms with E-state index in [0.717, 1.165) is 11.1 Å². The van der Waals surface area contributed by atoms with Gasteiger partial charge in [-0.05, 0) is 48.4 Å². The number of rotatable bonds is 6. The van der Waals surface area contributed by atoms with E-state index in [1.165, 1.54) is 4.90 Å². The number of nitrogens with one attached hydrogen (secondary N) is 1. The van der Waals surface area contributed by atoms with Gasteiger partial charge in [-0.1, -0.05) is 23.7 Å². The summed E-state index contributed by atoms with van der Waals surface area (Å²) < 4.78 is 5.46. The molecule has 0 spiro atoms. The first-order chi connectivity index (χ1) is 12.9. The first-order valence-electron chi connectivity index (χ1n) is 8.53. The van der Waals surface area contributed by atoms with Crippen LogP contribution in [0.2, 0.25) is 5.02 Å². The monoisotopic (exact) mass is 386 g/mol. The van der Waals surface area contributed by atoms with E-state index in [-0.39, 0.29) is 43.7 Å². The number of aryl methyl sites for hydroxylation is 1. The van der Waals surface area contributed by atoms with Crippen LogP contribution in [0.15, 0.2) is 42.5 Å². The summed E-state index contributed by atoms with van der Waals surface area (Å²) in [6, 6.07) is 12.2. The van der Waals surface area contributed by atoms with Crippen LogP contribution in [0.4, 0.5) is 5.69 Å². The smallest absolute Gasteiger partial charge is 0.262 e. The zero-order valence-corrected chi connectivity index (χ0v) is 15.6. The summed E-state index contributed by atoms with van der Waals surface area (Å²) in [5.41, 5.74) is 2.31. The van der Waals surface area contributed by atoms with Gasteiger partial charge in [0.25, 0.3) is 5.91 Å². The summed E-state index contributed by atoms with van der Waals surface area (Å²) in [5, 5.41) is 3.38. The van der Waals surface area contributed by atoms with Crippen LogP contribution in [0.3, 0.4) is 0 Å². The minimum absolute atomic E-state index is 0.125. The van der Waals surface area contributed by atoms with Gasteiger partial charge in [0.2, 0.25) is 11.8 Å². The zero-order chi connectivity index (χ0) is 19.4. The summed E-state index contributed by atoms with van der Waals surface area (Å²) in [6.07, 6.45) is 0.556. The van der Waals surface area contributed by atoms with Crippen LogP contribution in [0.25, 0.3) is 0 Å². The Morgan fingerprint density at radius 1 is 1.11 bits per heavy atom. The van der Waals surface area contributed by atoms with Crippen LogP contribution in [-0.2, 0) is 20.9 Å². The van der Waals surface area contributed by atoms with Gasteiger partial charge in [0.1, 0.15) is 5.75 Å². The summed E-state index contributed by atoms with van der Waals surface area (Å²) in [4.78, 5) is 36.6. The summed E-state index contributed by atoms with van der Waals surface area (Å²) in [5.74, 6) is -0.0125. The number of imide groups is 1. The number of hydrogen-bond donors (Lipinski definition) is 1. The van der Waals surface area contributed by atoms with E-state index in [0.29, 0.717) is 16.5 Å². The Bertz CT molecular complexity index is 864. The Kier molecular flexibility index (Phi) is 5.76. The molecular weight excluding hydrogens is 368 g/mol. The Morgan fingerprint density at radius 3 is 2.41 bits per heavy atom. The number of ether oxygens (including phenoxy) is 1. The number of hydrogen-bond acceptors (Lipinski definition) is 4. The van der Waals surface area contributed by atoms with E-state index in [9.17, 15) is 14.4 Å². The molecule has 7 heteroatoms. The third kappa shape index (κ3) is 4.86. The van der Waals surface area contributed by atoms with Gasteiger partial charge < -0.3 is 10.1 Å². The molecule has 0 atom stereocenters. The van der Waals surface area contributed by atoms with Crippen molar-refractivity contribution in [1.29, 1.82) is 0 Å². The highest BCUT2D eigenvalue weighted by Crippen LogP contribution is 2.21. The highest BCUT2D eigenvalue weighted by Gasteiger charge is 2.28. The fourth-order valence-corrected chi connectivity index (χ4v) is 2.85. The SMILES string of the molecule is Cc1cc(OCC(=O)Nc2ccc(CN3C(=O)CCC3=O)cc2)ccc1Cl. The number of carbonyl (C=O) groups is 3. The first kappa shape index (κ1) is 18.9. The zero-order valence-electron chi connectivity index (χ0n) is 14.8. The molecule has 0 aromatic heterocycles. The molecule has 2 aromatic carbocycles. The van der Waals surface area contributed by atoms with Gasteiger partial charge in [-0.15, -0.1) is 0 Å². The van der Waals surface area contributed by atoms with Gasteiger partial charge in [-0.3, -0.25) is 19.3 Å². The lowest BCUT2D eigenvalue weighted by Crippen LogP contribution is -2.28. The molecule has 0 saturated carbocycles. The highest BCUT2D eigenvalue weighted by atomic mass is 35.5. The normalized spacial score (nSPS) is 13.8. The quantitative estimate of drug-likeness (QED) is 0.773. The van der Waals surface area contributed by atoms with Gasteiger partial charge in [0, 0.05) is 23.6 Å². The van der Waals surface area contributed by atoms with Crippen LogP contribution >= 0.6 is 11.6 Å². The predicted octanol–water partition coefficient (Wildman–Crippen LogP) is 3.31. The molecule has 1 fully saturated rings. The van der Waals surface area contributed by atoms with Crippen molar-refractivity contribution >= 4 is 35.0 Å². The Labute approximate surface area is 162 Å². The van der Waals surface area contributed by atoms with Gasteiger partial charge in [-0.2, -0.15) is 0 Å². The number of anilines is 1. The van der Waals surface area contributed by atoms with Crippen molar-refractivity contribution < 1.29 is 19.1 Å². The van der Waals surface area contributed by atoms with Crippen molar-refractivity contribution in [3.63, 3.8) is 0 Å². The van der Waals surface area contributed by atoms with E-state index >= 15 is 0 Å². The first-order valence-corrected chi connectivity index (χ1v) is 8.91. The van der Waals surface area contributed by atoms with Crippen molar-refractivity contribution in [2.75, 3.05) is 11.9 Å². The number of nitrogens with zero attached hydrogens (tertiary/aromatic N) is 1. The number of likely N-dealkylation sites (tertiary alicyclic amines) is 1. The number of benzene rings is 2. The number of amides is 3. The third-order valence-electron chi connectivity index (χ3n) is 4.23. The van der Waals surface area contributed by atoms with Crippen molar-refractivity contribution in [2.45, 2.75) is 26.3 Å². The van der Waals surface area contributed by atoms with Gasteiger partial charge in [0.15, 0.2) is 6.61 Å². The Morgan fingerprint density at radius 2 is 1.78 bits per heavy atom. The molecule has 140 valence electrons. The van der Waals surface area contributed by atoms with Crippen molar-refractivity contribution in [3.8, 4) is 5.75 Å². The predicted molar refractivity (Wildman–Crippen MR) is 102 cm³/mol. The van der Waals surface area contributed by atoms with Crippen molar-refractivity contribution in [1.82, 2.24) is 4.90 Å². The molecular formula is C20H19ClN2O4. The molecule has 3 amide bonds. The van der Waals surface area contributed by atoms with E-state index in [1.54, 1.807) is 42.5 Å². The molecule has 1 saturated heterocycles. The molecule has 1 N–H and O–H groups in total. The maximum atomic E-state index is 12.0. The lowest BCUT2D eigenvalue weighted by Gasteiger charge is -2.14. The summed E-state index contributed by atoms with van der Waals surface area (Å²) in [6.45, 7) is 1.99. The minimum Gasteiger partial charge on any atom is -0.484 e. The lowest BCUT2D eigenvalue weighted by atomic mass is 10.2. The summed E-state index contributed by atoms with van der Waals surface area (Å²) >= 11 is 5.96. The average molecular weight is 387 g/mol. The fraction of sp³-hybridized carbons (Fsp3) is 0.250. The molecule has 1 heterocycles. The fourth-order valence-electron chi connectivity index (χ4n) is 2.73. The summed E-state index contributed by atoms with van der Waals surface area (Å²) in [7, 11) is 0. The van der Waals surface area contributed by atoms with Crippen LogP contribution in [0, 0.1) is 6.92 Å². The molecule has 3 rings (SSSR count). The van der Waals surface area contributed by atoms with Crippen LogP contribution < -0.4 is 10.1 Å². The molecule has 1 aliphatic rings. The molecule has 0 bridgehead atoms. The second-order valence-electron chi connectivity index (χ2n) is 6.32. The van der Waals surface area contributed by atoms with E-state index < -0.39 is 0 Å². The Balaban J connectivity index is 1.51. The highest BCUT2D eigenvalue weighted by molar-refractivity contribution is 6.31. The van der Waals surface area contributed by atoms with Gasteiger partial charge in [0.05, 0.1) is 6.54 Å². The van der Waals surface area contributed by atoms with Gasteiger partial charge >= 0.3 is 0 Å². The molecule has 0 unspecified atom stereocenters. The molecule has 0 aliphatic carbocycles. The van der Waals surface area contributed by atoms with Gasteiger partial charge in [-0.25, -0.2) is 0 Å². The standard InChI is InChI=1S/C20H19ClN2O4/c1-13-10-16(6-7-17(13)21)27-12-18(24)22-15-4-2-14(3-5-15)11-23-19(25)8-9-20(23)26/h2-7,10H,8-9,11-12H2,1H3,(H,22,24). The molecule has 0 radical (unpaired) electrons. The molecule has 2 aromatic rings. The van der Waals surface area contributed by atoms with Crippen LogP contribution in [0.5, 0.6) is 5.75 Å². The van der Waals surface area contributed by atoms with Crippen molar-refractivity contribution in [2.24, 2.45) is 0 Å². The Hall–Kier alpha value is -2.86.